The molecule has 0 aliphatic rings. The minimum atomic E-state index is -4.76. The van der Waals surface area contributed by atoms with Crippen molar-refractivity contribution in [3.05, 3.63) is 36.5 Å². The number of rotatable bonds is 6. The van der Waals surface area contributed by atoms with Gasteiger partial charge >= 0.3 is 6.36 Å². The first kappa shape index (κ1) is 17.6. The van der Waals surface area contributed by atoms with E-state index in [1.165, 1.54) is 24.3 Å². The first-order chi connectivity index (χ1) is 11.2. The number of halogens is 3. The second kappa shape index (κ2) is 7.24. The number of benzene rings is 1. The monoisotopic (exact) mass is 342 g/mol. The molecular weight excluding hydrogens is 325 g/mol. The van der Waals surface area contributed by atoms with Gasteiger partial charge in [0.15, 0.2) is 0 Å². The number of nitrogens with one attached hydrogen (secondary N) is 2. The highest BCUT2D eigenvalue weighted by Gasteiger charge is 2.31. The lowest BCUT2D eigenvalue weighted by Crippen LogP contribution is -2.24. The number of nitrogens with zero attached hydrogens (tertiary/aromatic N) is 2. The van der Waals surface area contributed by atoms with Gasteiger partial charge in [0.25, 0.3) is 0 Å². The molecule has 0 unspecified atom stereocenters. The average Bonchev–Trinajstić information content (AvgIpc) is 2.92. The SMILES string of the molecule is CC(C)n1nccc1NC(=O)CNc1cccc(OC(F)(F)F)c1. The Morgan fingerprint density at radius 3 is 2.75 bits per heavy atom. The Kier molecular flexibility index (Phi) is 5.32. The molecule has 0 radical (unpaired) electrons. The molecule has 2 aromatic rings. The largest absolute Gasteiger partial charge is 0.573 e. The Balaban J connectivity index is 1.92. The third kappa shape index (κ3) is 5.18. The van der Waals surface area contributed by atoms with E-state index in [0.29, 0.717) is 11.5 Å². The Labute approximate surface area is 136 Å². The van der Waals surface area contributed by atoms with E-state index in [9.17, 15) is 18.0 Å². The molecule has 0 spiro atoms. The zero-order valence-electron chi connectivity index (χ0n) is 13.1. The molecule has 1 aromatic heterocycles. The summed E-state index contributed by atoms with van der Waals surface area (Å²) in [4.78, 5) is 11.9. The van der Waals surface area contributed by atoms with Gasteiger partial charge in [0, 0.05) is 23.9 Å². The fourth-order valence-electron chi connectivity index (χ4n) is 2.00. The third-order valence-electron chi connectivity index (χ3n) is 2.95. The number of anilines is 2. The number of hydrogen-bond donors (Lipinski definition) is 2. The zero-order valence-corrected chi connectivity index (χ0v) is 13.1. The fourth-order valence-corrected chi connectivity index (χ4v) is 2.00. The van der Waals surface area contributed by atoms with Gasteiger partial charge in [0.1, 0.15) is 11.6 Å². The van der Waals surface area contributed by atoms with Crippen molar-refractivity contribution in [2.24, 2.45) is 0 Å². The van der Waals surface area contributed by atoms with Gasteiger partial charge in [-0.05, 0) is 26.0 Å². The van der Waals surface area contributed by atoms with Crippen LogP contribution in [0.4, 0.5) is 24.7 Å². The molecule has 2 rings (SSSR count). The zero-order chi connectivity index (χ0) is 17.7. The lowest BCUT2D eigenvalue weighted by Gasteiger charge is -2.13. The van der Waals surface area contributed by atoms with Crippen molar-refractivity contribution in [1.29, 1.82) is 0 Å². The topological polar surface area (TPSA) is 68.2 Å². The maximum Gasteiger partial charge on any atom is 0.573 e. The fraction of sp³-hybridized carbons (Fsp3) is 0.333. The van der Waals surface area contributed by atoms with Gasteiger partial charge in [-0.15, -0.1) is 13.2 Å². The van der Waals surface area contributed by atoms with E-state index in [1.807, 2.05) is 13.8 Å². The summed E-state index contributed by atoms with van der Waals surface area (Å²) in [5, 5.41) is 9.52. The molecule has 2 N–H and O–H groups in total. The molecule has 1 heterocycles. The van der Waals surface area contributed by atoms with Crippen molar-refractivity contribution >= 4 is 17.4 Å². The van der Waals surface area contributed by atoms with Crippen molar-refractivity contribution in [2.45, 2.75) is 26.3 Å². The van der Waals surface area contributed by atoms with E-state index >= 15 is 0 Å². The Morgan fingerprint density at radius 2 is 2.08 bits per heavy atom. The van der Waals surface area contributed by atoms with Crippen LogP contribution in [0.2, 0.25) is 0 Å². The first-order valence-corrected chi connectivity index (χ1v) is 7.17. The summed E-state index contributed by atoms with van der Waals surface area (Å²) in [6.07, 6.45) is -3.19. The standard InChI is InChI=1S/C15H17F3N4O2/c1-10(2)22-13(6-7-20-22)21-14(23)9-19-11-4-3-5-12(8-11)24-15(16,17)18/h3-8,10,19H,9H2,1-2H3,(H,21,23). The van der Waals surface area contributed by atoms with Crippen LogP contribution in [0.25, 0.3) is 0 Å². The lowest BCUT2D eigenvalue weighted by atomic mass is 10.3. The van der Waals surface area contributed by atoms with E-state index in [4.69, 9.17) is 0 Å². The highest BCUT2D eigenvalue weighted by molar-refractivity contribution is 5.93. The van der Waals surface area contributed by atoms with Gasteiger partial charge in [-0.1, -0.05) is 6.07 Å². The summed E-state index contributed by atoms with van der Waals surface area (Å²) in [7, 11) is 0. The normalized spacial score (nSPS) is 11.4. The predicted molar refractivity (Wildman–Crippen MR) is 82.9 cm³/mol. The Morgan fingerprint density at radius 1 is 1.33 bits per heavy atom. The summed E-state index contributed by atoms with van der Waals surface area (Å²) in [6.45, 7) is 3.73. The first-order valence-electron chi connectivity index (χ1n) is 7.17. The minimum Gasteiger partial charge on any atom is -0.406 e. The molecule has 9 heteroatoms. The van der Waals surface area contributed by atoms with Crippen LogP contribution in [-0.2, 0) is 4.79 Å². The van der Waals surface area contributed by atoms with Crippen molar-refractivity contribution in [1.82, 2.24) is 9.78 Å². The van der Waals surface area contributed by atoms with Crippen LogP contribution < -0.4 is 15.4 Å². The number of amides is 1. The quantitative estimate of drug-likeness (QED) is 0.844. The molecule has 0 bridgehead atoms. The molecule has 0 aliphatic heterocycles. The highest BCUT2D eigenvalue weighted by atomic mass is 19.4. The molecule has 1 aromatic carbocycles. The molecule has 0 aliphatic carbocycles. The van der Waals surface area contributed by atoms with Gasteiger partial charge < -0.3 is 15.4 Å². The summed E-state index contributed by atoms with van der Waals surface area (Å²) in [6, 6.07) is 7.03. The van der Waals surface area contributed by atoms with Crippen LogP contribution in [0, 0.1) is 0 Å². The van der Waals surface area contributed by atoms with E-state index in [1.54, 1.807) is 16.9 Å². The number of carbonyl (C=O) groups is 1. The van der Waals surface area contributed by atoms with Gasteiger partial charge in [-0.25, -0.2) is 4.68 Å². The van der Waals surface area contributed by atoms with Gasteiger partial charge in [-0.3, -0.25) is 4.79 Å². The number of hydrogen-bond acceptors (Lipinski definition) is 4. The number of aromatic nitrogens is 2. The number of alkyl halides is 3. The van der Waals surface area contributed by atoms with Gasteiger partial charge in [0.05, 0.1) is 12.7 Å². The van der Waals surface area contributed by atoms with Crippen LogP contribution >= 0.6 is 0 Å². The van der Waals surface area contributed by atoms with Crippen LogP contribution in [0.15, 0.2) is 36.5 Å². The van der Waals surface area contributed by atoms with E-state index in [0.717, 1.165) is 0 Å². The van der Waals surface area contributed by atoms with Crippen molar-refractivity contribution in [3.8, 4) is 5.75 Å². The molecule has 1 amide bonds. The summed E-state index contributed by atoms with van der Waals surface area (Å²) in [5.74, 6) is -0.156. The van der Waals surface area contributed by atoms with Crippen LogP contribution in [0.3, 0.4) is 0 Å². The molecule has 0 atom stereocenters. The predicted octanol–water partition coefficient (Wildman–Crippen LogP) is 3.41. The molecule has 24 heavy (non-hydrogen) atoms. The molecule has 130 valence electrons. The molecule has 6 nitrogen and oxygen atoms in total. The summed E-state index contributed by atoms with van der Waals surface area (Å²) < 4.78 is 42.0. The summed E-state index contributed by atoms with van der Waals surface area (Å²) in [5.41, 5.74) is 0.337. The third-order valence-corrected chi connectivity index (χ3v) is 2.95. The highest BCUT2D eigenvalue weighted by Crippen LogP contribution is 2.25. The number of ether oxygens (including phenoxy) is 1. The van der Waals surface area contributed by atoms with Gasteiger partial charge in [0.2, 0.25) is 5.91 Å². The van der Waals surface area contributed by atoms with Gasteiger partial charge in [-0.2, -0.15) is 5.10 Å². The van der Waals surface area contributed by atoms with E-state index in [2.05, 4.69) is 20.5 Å². The second-order valence-electron chi connectivity index (χ2n) is 5.23. The maximum atomic E-state index is 12.2. The molecule has 0 fully saturated rings. The molecular formula is C15H17F3N4O2. The lowest BCUT2D eigenvalue weighted by molar-refractivity contribution is -0.274. The van der Waals surface area contributed by atoms with Crippen LogP contribution in [0.5, 0.6) is 5.75 Å². The Hall–Kier alpha value is -2.71. The van der Waals surface area contributed by atoms with E-state index in [-0.39, 0.29) is 24.2 Å². The van der Waals surface area contributed by atoms with Crippen LogP contribution in [0.1, 0.15) is 19.9 Å². The van der Waals surface area contributed by atoms with Crippen molar-refractivity contribution in [3.63, 3.8) is 0 Å². The molecule has 0 saturated heterocycles. The van der Waals surface area contributed by atoms with Crippen LogP contribution in [-0.4, -0.2) is 28.6 Å². The summed E-state index contributed by atoms with van der Waals surface area (Å²) >= 11 is 0. The maximum absolute atomic E-state index is 12.2. The number of carbonyl (C=O) groups excluding carboxylic acids is 1. The minimum absolute atomic E-state index is 0.0828. The van der Waals surface area contributed by atoms with Crippen molar-refractivity contribution in [2.75, 3.05) is 17.2 Å². The van der Waals surface area contributed by atoms with E-state index < -0.39 is 6.36 Å². The van der Waals surface area contributed by atoms with Crippen molar-refractivity contribution < 1.29 is 22.7 Å². The smallest absolute Gasteiger partial charge is 0.406 e. The molecule has 0 saturated carbocycles. The average molecular weight is 342 g/mol. The second-order valence-corrected chi connectivity index (χ2v) is 5.23. The Bertz CT molecular complexity index is 698.